The molecule has 3 fully saturated rings. The van der Waals surface area contributed by atoms with E-state index in [0.29, 0.717) is 145 Å². The van der Waals surface area contributed by atoms with Gasteiger partial charge in [-0.05, 0) is 124 Å². The number of carbonyl (C=O) groups excluding carboxylic acids is 3. The molecule has 3 aliphatic rings. The predicted octanol–water partition coefficient (Wildman–Crippen LogP) is 16.3. The molecule has 2 unspecified atom stereocenters. The minimum Gasteiger partial charge on any atom is -0.495 e. The molecular weight excluding hydrogens is 1550 g/mol. The zero-order chi connectivity index (χ0) is 78.3. The number of aromatic nitrogens is 9. The third kappa shape index (κ3) is 21.4. The van der Waals surface area contributed by atoms with Crippen LogP contribution in [0.15, 0.2) is 148 Å². The van der Waals surface area contributed by atoms with Crippen molar-refractivity contribution < 1.29 is 42.8 Å². The van der Waals surface area contributed by atoms with E-state index < -0.39 is 5.24 Å². The second kappa shape index (κ2) is 40.3. The summed E-state index contributed by atoms with van der Waals surface area (Å²) in [5, 5.41) is 27.2. The molecule has 3 aromatic carbocycles. The normalized spacial score (nSPS) is 16.6. The van der Waals surface area contributed by atoms with Gasteiger partial charge in [0.1, 0.15) is 119 Å². The van der Waals surface area contributed by atoms with Crippen molar-refractivity contribution in [3.63, 3.8) is 0 Å². The van der Waals surface area contributed by atoms with Crippen molar-refractivity contribution in [2.75, 3.05) is 74.6 Å². The Morgan fingerprint density at radius 3 is 0.945 bits per heavy atom. The maximum atomic E-state index is 11.8. The van der Waals surface area contributed by atoms with E-state index in [1.165, 1.54) is 73.8 Å². The number of nitrogens with two attached hydrogens (primary N) is 1. The highest BCUT2D eigenvalue weighted by molar-refractivity contribution is 6.66. The fraction of sp³-hybridized carbons (Fsp3) is 0.280. The molecule has 6 aromatic heterocycles. The van der Waals surface area contributed by atoms with Gasteiger partial charge in [0.05, 0.1) is 76.8 Å². The Morgan fingerprint density at radius 2 is 0.679 bits per heavy atom. The standard InChI is InChI=1S/2C25H26Cl2N6O3.C22H24Cl2N6O2.C3H3ClO/c2*1-4-21(34)32-16-9-5-8-15(16)31-20-11-17(29-13-30-20)14-7-6-10-28-25(14)33-24-22(26)18(35-2)12-19(36-3)23(24)27;1-31-16-10-17(32-2)20(24)21(19(16)23)30-22-12(5-4-8-26-22)15-9-18(28-11-27-15)29-14-7-3-6-13(14)25;1-2-3(4)5/h2*4,6-7,10-13,15-16H,1,5,8-9H2,2-3H3,(H,28,33)(H,32,34)(H,29,30,31);4-5,8-11,13-14H,3,6-7,25H2,1-2H3,(H,26,30)(H,27,28,29);2H,1H2/t15?,16-;15-,16+;13-,14?;/m010./s1. The quantitative estimate of drug-likeness (QED) is 0.0180. The van der Waals surface area contributed by atoms with Crippen molar-refractivity contribution in [3.05, 3.63) is 178 Å². The maximum absolute atomic E-state index is 11.8. The van der Waals surface area contributed by atoms with Crippen LogP contribution in [0.3, 0.4) is 0 Å². The number of pyridine rings is 3. The fourth-order valence-electron chi connectivity index (χ4n) is 12.1. The monoisotopic (exact) mass is 1620 g/mol. The smallest absolute Gasteiger partial charge is 0.244 e. The summed E-state index contributed by atoms with van der Waals surface area (Å²) in [6, 6.07) is 21.9. The molecular formula is C75H79Cl7N18O9. The average Bonchev–Trinajstić information content (AvgIpc) is 1.43. The Balaban J connectivity index is 0.000000183. The third-order valence-electron chi connectivity index (χ3n) is 17.5. The molecule has 2 amide bonds. The number of rotatable bonds is 26. The molecule has 109 heavy (non-hydrogen) atoms. The number of nitrogens with zero attached hydrogens (tertiary/aromatic N) is 9. The van der Waals surface area contributed by atoms with Crippen LogP contribution in [0.25, 0.3) is 33.8 Å². The van der Waals surface area contributed by atoms with Gasteiger partial charge in [0.25, 0.3) is 0 Å². The van der Waals surface area contributed by atoms with Gasteiger partial charge in [0.2, 0.25) is 17.1 Å². The first kappa shape index (κ1) is 82.8. The summed E-state index contributed by atoms with van der Waals surface area (Å²) in [6.07, 6.45) is 21.8. The SMILES string of the molecule is C=CC(=O)Cl.C=CC(=O)N[C@H]1CCCC1Nc1cc(-c2cccnc2Nc2c(Cl)c(OC)cc(OC)c2Cl)ncn1.C=CC(=O)N[C@H]1CCC[C@H]1Nc1cc(-c2cccnc2Nc2c(Cl)c(OC)cc(OC)c2Cl)ncn1.COc1cc(OC)c(Cl)c(Nc2ncccc2-c2cc(NC3CCC[C@@H]3N)ncn2)c1Cl. The molecule has 34 heteroatoms. The molecule has 0 spiro atoms. The Hall–Kier alpha value is -10.2. The summed E-state index contributed by atoms with van der Waals surface area (Å²) in [5.74, 6) is 5.58. The molecule has 0 saturated heterocycles. The fourth-order valence-corrected chi connectivity index (χ4v) is 13.8. The molecule has 27 nitrogen and oxygen atoms in total. The average molecular weight is 1620 g/mol. The minimum atomic E-state index is -0.509. The largest absolute Gasteiger partial charge is 0.495 e. The van der Waals surface area contributed by atoms with Crippen molar-refractivity contribution in [1.82, 2.24) is 55.5 Å². The number of benzene rings is 3. The molecule has 0 aliphatic heterocycles. The Kier molecular flexibility index (Phi) is 30.6. The summed E-state index contributed by atoms with van der Waals surface area (Å²) in [4.78, 5) is 72.9. The van der Waals surface area contributed by atoms with E-state index in [1.54, 1.807) is 36.8 Å². The summed E-state index contributed by atoms with van der Waals surface area (Å²) in [7, 11) is 9.09. The number of halogens is 7. The molecule has 572 valence electrons. The molecule has 0 bridgehead atoms. The number of ether oxygens (including phenoxy) is 6. The minimum absolute atomic E-state index is 0.00291. The lowest BCUT2D eigenvalue weighted by Gasteiger charge is -2.22. The number of carbonyl (C=O) groups is 3. The lowest BCUT2D eigenvalue weighted by atomic mass is 10.1. The number of anilines is 9. The molecule has 10 N–H and O–H groups in total. The van der Waals surface area contributed by atoms with Crippen LogP contribution in [0.5, 0.6) is 34.5 Å². The van der Waals surface area contributed by atoms with Crippen LogP contribution >= 0.6 is 81.2 Å². The second-order valence-corrected chi connectivity index (χ2v) is 26.8. The Bertz CT molecular complexity index is 4450. The first-order valence-electron chi connectivity index (χ1n) is 33.8. The van der Waals surface area contributed by atoms with Gasteiger partial charge >= 0.3 is 0 Å². The van der Waals surface area contributed by atoms with E-state index in [4.69, 9.17) is 115 Å². The highest BCUT2D eigenvalue weighted by Gasteiger charge is 2.32. The zero-order valence-corrected chi connectivity index (χ0v) is 65.3. The summed E-state index contributed by atoms with van der Waals surface area (Å²) in [5.41, 5.74) is 11.5. The number of methoxy groups -OCH3 is 6. The van der Waals surface area contributed by atoms with Gasteiger partial charge in [-0.2, -0.15) is 0 Å². The molecule has 12 rings (SSSR count). The second-order valence-electron chi connectivity index (χ2n) is 24.1. The lowest BCUT2D eigenvalue weighted by molar-refractivity contribution is -0.118. The molecule has 9 aromatic rings. The van der Waals surface area contributed by atoms with E-state index in [9.17, 15) is 14.4 Å². The van der Waals surface area contributed by atoms with E-state index in [0.717, 1.165) is 69.4 Å². The number of hydrogen-bond acceptors (Lipinski definition) is 25. The van der Waals surface area contributed by atoms with Crippen LogP contribution in [-0.4, -0.2) is 141 Å². The van der Waals surface area contributed by atoms with Crippen molar-refractivity contribution in [2.24, 2.45) is 5.73 Å². The van der Waals surface area contributed by atoms with Crippen LogP contribution in [0.2, 0.25) is 30.1 Å². The number of amides is 2. The summed E-state index contributed by atoms with van der Waals surface area (Å²) < 4.78 is 32.2. The summed E-state index contributed by atoms with van der Waals surface area (Å²) >= 11 is 43.9. The predicted molar refractivity (Wildman–Crippen MR) is 431 cm³/mol. The van der Waals surface area contributed by atoms with E-state index >= 15 is 0 Å². The van der Waals surface area contributed by atoms with Crippen molar-refractivity contribution >= 4 is 150 Å². The van der Waals surface area contributed by atoms with E-state index in [-0.39, 0.29) is 48.1 Å². The van der Waals surface area contributed by atoms with Crippen molar-refractivity contribution in [2.45, 2.75) is 94.0 Å². The van der Waals surface area contributed by atoms with Gasteiger partial charge in [-0.15, -0.1) is 0 Å². The first-order valence-corrected chi connectivity index (χ1v) is 36.5. The lowest BCUT2D eigenvalue weighted by Crippen LogP contribution is -2.42. The van der Waals surface area contributed by atoms with Gasteiger partial charge in [-0.1, -0.05) is 89.3 Å². The number of hydrogen-bond donors (Lipinski definition) is 9. The Morgan fingerprint density at radius 1 is 0.404 bits per heavy atom. The van der Waals surface area contributed by atoms with Crippen LogP contribution in [0.1, 0.15) is 57.8 Å². The third-order valence-corrected chi connectivity index (χ3v) is 19.9. The van der Waals surface area contributed by atoms with Crippen LogP contribution in [0, 0.1) is 0 Å². The van der Waals surface area contributed by atoms with Gasteiger partial charge < -0.3 is 76.7 Å². The molecule has 6 atom stereocenters. The highest BCUT2D eigenvalue weighted by atomic mass is 35.5. The van der Waals surface area contributed by atoms with Crippen molar-refractivity contribution in [3.8, 4) is 68.3 Å². The van der Waals surface area contributed by atoms with Crippen LogP contribution in [0.4, 0.5) is 52.0 Å². The first-order chi connectivity index (χ1) is 52.7. The number of allylic oxidation sites excluding steroid dienone is 1. The molecule has 3 aliphatic carbocycles. The van der Waals surface area contributed by atoms with E-state index in [2.05, 4.69) is 107 Å². The number of nitrogens with one attached hydrogen (secondary N) is 8. The molecule has 6 heterocycles. The molecule has 0 radical (unpaired) electrons. The van der Waals surface area contributed by atoms with E-state index in [1.807, 2.05) is 54.6 Å². The maximum Gasteiger partial charge on any atom is 0.244 e. The van der Waals surface area contributed by atoms with Gasteiger partial charge in [-0.3, -0.25) is 14.4 Å². The van der Waals surface area contributed by atoms with Crippen molar-refractivity contribution in [1.29, 1.82) is 0 Å². The topological polar surface area (TPSA) is 345 Å². The summed E-state index contributed by atoms with van der Waals surface area (Å²) in [6.45, 7) is 10.1. The van der Waals surface area contributed by atoms with Gasteiger partial charge in [0.15, 0.2) is 0 Å². The van der Waals surface area contributed by atoms with Gasteiger partial charge in [0, 0.05) is 108 Å². The van der Waals surface area contributed by atoms with Gasteiger partial charge in [-0.25, -0.2) is 44.9 Å². The zero-order valence-electron chi connectivity index (χ0n) is 60.0. The highest BCUT2D eigenvalue weighted by Crippen LogP contribution is 2.49. The molecule has 3 saturated carbocycles. The van der Waals surface area contributed by atoms with Crippen LogP contribution < -0.4 is 76.7 Å². The van der Waals surface area contributed by atoms with Crippen LogP contribution in [-0.2, 0) is 14.4 Å². The Labute approximate surface area is 665 Å².